The maximum absolute atomic E-state index is 6.03. The SMILES string of the molecule is CCc1cnc(N2CC(C)C(COc3ccc(-c4cccnc4)nc3)C2)nc1. The summed E-state index contributed by atoms with van der Waals surface area (Å²) in [4.78, 5) is 19.9. The van der Waals surface area contributed by atoms with E-state index in [1.54, 1.807) is 12.4 Å². The van der Waals surface area contributed by atoms with Crippen molar-refractivity contribution in [3.05, 3.63) is 60.8 Å². The number of rotatable bonds is 6. The fourth-order valence-electron chi connectivity index (χ4n) is 3.46. The number of pyridine rings is 2. The third-order valence-corrected chi connectivity index (χ3v) is 5.31. The lowest BCUT2D eigenvalue weighted by Crippen LogP contribution is -2.23. The van der Waals surface area contributed by atoms with Crippen LogP contribution in [-0.2, 0) is 6.42 Å². The largest absolute Gasteiger partial charge is 0.492 e. The Kier molecular flexibility index (Phi) is 5.46. The Morgan fingerprint density at radius 3 is 2.57 bits per heavy atom. The molecule has 2 unspecified atom stereocenters. The summed E-state index contributed by atoms with van der Waals surface area (Å²) >= 11 is 0. The molecule has 0 amide bonds. The molecule has 3 aromatic rings. The van der Waals surface area contributed by atoms with Crippen LogP contribution in [0.5, 0.6) is 5.75 Å². The summed E-state index contributed by atoms with van der Waals surface area (Å²) in [6.45, 7) is 6.91. The van der Waals surface area contributed by atoms with Crippen LogP contribution in [0.15, 0.2) is 55.2 Å². The summed E-state index contributed by atoms with van der Waals surface area (Å²) in [6.07, 6.45) is 10.2. The summed E-state index contributed by atoms with van der Waals surface area (Å²) in [5, 5.41) is 0. The topological polar surface area (TPSA) is 64.0 Å². The third-order valence-electron chi connectivity index (χ3n) is 5.31. The van der Waals surface area contributed by atoms with Crippen LogP contribution in [0.2, 0.25) is 0 Å². The van der Waals surface area contributed by atoms with Crippen LogP contribution in [0.1, 0.15) is 19.4 Å². The van der Waals surface area contributed by atoms with Gasteiger partial charge >= 0.3 is 0 Å². The lowest BCUT2D eigenvalue weighted by atomic mass is 9.99. The van der Waals surface area contributed by atoms with Gasteiger partial charge in [0.1, 0.15) is 5.75 Å². The van der Waals surface area contributed by atoms with E-state index in [-0.39, 0.29) is 0 Å². The second-order valence-corrected chi connectivity index (χ2v) is 7.32. The van der Waals surface area contributed by atoms with Crippen LogP contribution in [0, 0.1) is 11.8 Å². The van der Waals surface area contributed by atoms with Gasteiger partial charge in [-0.15, -0.1) is 0 Å². The molecule has 1 aliphatic rings. The summed E-state index contributed by atoms with van der Waals surface area (Å²) in [5.41, 5.74) is 3.06. The van der Waals surface area contributed by atoms with E-state index in [9.17, 15) is 0 Å². The van der Waals surface area contributed by atoms with Gasteiger partial charge in [-0.2, -0.15) is 0 Å². The minimum Gasteiger partial charge on any atom is -0.492 e. The van der Waals surface area contributed by atoms with Gasteiger partial charge in [0, 0.05) is 49.4 Å². The van der Waals surface area contributed by atoms with Gasteiger partial charge in [0.2, 0.25) is 5.95 Å². The monoisotopic (exact) mass is 375 g/mol. The summed E-state index contributed by atoms with van der Waals surface area (Å²) in [6, 6.07) is 7.85. The van der Waals surface area contributed by atoms with E-state index in [2.05, 4.69) is 38.7 Å². The Hall–Kier alpha value is -3.02. The van der Waals surface area contributed by atoms with Crippen LogP contribution in [0.3, 0.4) is 0 Å². The lowest BCUT2D eigenvalue weighted by Gasteiger charge is -2.16. The van der Waals surface area contributed by atoms with E-state index < -0.39 is 0 Å². The van der Waals surface area contributed by atoms with Crippen molar-refractivity contribution in [2.45, 2.75) is 20.3 Å². The van der Waals surface area contributed by atoms with E-state index in [0.29, 0.717) is 18.4 Å². The van der Waals surface area contributed by atoms with Gasteiger partial charge in [-0.1, -0.05) is 13.8 Å². The first-order chi connectivity index (χ1) is 13.7. The smallest absolute Gasteiger partial charge is 0.225 e. The maximum atomic E-state index is 6.03. The highest BCUT2D eigenvalue weighted by Gasteiger charge is 2.31. The predicted molar refractivity (Wildman–Crippen MR) is 109 cm³/mol. The van der Waals surface area contributed by atoms with Gasteiger partial charge in [0.15, 0.2) is 0 Å². The van der Waals surface area contributed by atoms with Crippen molar-refractivity contribution in [2.24, 2.45) is 11.8 Å². The first-order valence-electron chi connectivity index (χ1n) is 9.78. The highest BCUT2D eigenvalue weighted by Crippen LogP contribution is 2.27. The third kappa shape index (κ3) is 4.11. The van der Waals surface area contributed by atoms with Gasteiger partial charge in [0.25, 0.3) is 0 Å². The first kappa shape index (κ1) is 18.3. The molecule has 0 radical (unpaired) electrons. The normalized spacial score (nSPS) is 19.0. The fourth-order valence-corrected chi connectivity index (χ4v) is 3.46. The van der Waals surface area contributed by atoms with Gasteiger partial charge in [0.05, 0.1) is 18.5 Å². The molecule has 3 aromatic heterocycles. The first-order valence-corrected chi connectivity index (χ1v) is 9.78. The number of ether oxygens (including phenoxy) is 1. The second-order valence-electron chi connectivity index (χ2n) is 7.32. The number of aromatic nitrogens is 4. The molecular weight excluding hydrogens is 350 g/mol. The van der Waals surface area contributed by atoms with Crippen molar-refractivity contribution in [2.75, 3.05) is 24.6 Å². The van der Waals surface area contributed by atoms with Crippen LogP contribution >= 0.6 is 0 Å². The molecule has 4 rings (SSSR count). The Balaban J connectivity index is 1.34. The van der Waals surface area contributed by atoms with E-state index in [4.69, 9.17) is 4.74 Å². The molecule has 0 saturated carbocycles. The van der Waals surface area contributed by atoms with Gasteiger partial charge in [-0.3, -0.25) is 9.97 Å². The Bertz CT molecular complexity index is 883. The number of nitrogens with zero attached hydrogens (tertiary/aromatic N) is 5. The average molecular weight is 375 g/mol. The molecule has 0 spiro atoms. The molecule has 2 atom stereocenters. The quantitative estimate of drug-likeness (QED) is 0.655. The molecule has 4 heterocycles. The Morgan fingerprint density at radius 1 is 1.04 bits per heavy atom. The standard InChI is InChI=1S/C22H25N5O/c1-3-17-9-25-22(26-10-17)27-13-16(2)19(14-27)15-28-20-6-7-21(24-12-20)18-5-4-8-23-11-18/h4-12,16,19H,3,13-15H2,1-2H3. The summed E-state index contributed by atoms with van der Waals surface area (Å²) in [7, 11) is 0. The van der Waals surface area contributed by atoms with Gasteiger partial charge < -0.3 is 9.64 Å². The Labute approximate surface area is 165 Å². The molecule has 144 valence electrons. The summed E-state index contributed by atoms with van der Waals surface area (Å²) < 4.78 is 6.03. The van der Waals surface area contributed by atoms with Crippen molar-refractivity contribution in [3.63, 3.8) is 0 Å². The number of hydrogen-bond acceptors (Lipinski definition) is 6. The van der Waals surface area contributed by atoms with Crippen molar-refractivity contribution < 1.29 is 4.74 Å². The maximum Gasteiger partial charge on any atom is 0.225 e. The van der Waals surface area contributed by atoms with E-state index in [1.165, 1.54) is 0 Å². The van der Waals surface area contributed by atoms with Crippen LogP contribution in [0.25, 0.3) is 11.3 Å². The fraction of sp³-hybridized carbons (Fsp3) is 0.364. The highest BCUT2D eigenvalue weighted by atomic mass is 16.5. The molecule has 1 aliphatic heterocycles. The number of aryl methyl sites for hydroxylation is 1. The van der Waals surface area contributed by atoms with Gasteiger partial charge in [-0.25, -0.2) is 9.97 Å². The molecule has 1 saturated heterocycles. The van der Waals surface area contributed by atoms with Crippen molar-refractivity contribution >= 4 is 5.95 Å². The van der Waals surface area contributed by atoms with Crippen LogP contribution in [-0.4, -0.2) is 39.6 Å². The Morgan fingerprint density at radius 2 is 1.89 bits per heavy atom. The minimum atomic E-state index is 0.437. The van der Waals surface area contributed by atoms with Crippen LogP contribution < -0.4 is 9.64 Å². The van der Waals surface area contributed by atoms with E-state index in [1.807, 2.05) is 42.9 Å². The van der Waals surface area contributed by atoms with E-state index in [0.717, 1.165) is 48.0 Å². The molecule has 0 N–H and O–H groups in total. The van der Waals surface area contributed by atoms with Crippen LogP contribution in [0.4, 0.5) is 5.95 Å². The highest BCUT2D eigenvalue weighted by molar-refractivity contribution is 5.57. The zero-order valence-electron chi connectivity index (χ0n) is 16.3. The van der Waals surface area contributed by atoms with Crippen molar-refractivity contribution in [3.8, 4) is 17.0 Å². The zero-order chi connectivity index (χ0) is 19.3. The molecule has 0 aliphatic carbocycles. The molecule has 0 bridgehead atoms. The lowest BCUT2D eigenvalue weighted by molar-refractivity contribution is 0.232. The zero-order valence-corrected chi connectivity index (χ0v) is 16.3. The molecule has 0 aromatic carbocycles. The molecular formula is C22H25N5O. The van der Waals surface area contributed by atoms with Crippen molar-refractivity contribution in [1.29, 1.82) is 0 Å². The minimum absolute atomic E-state index is 0.437. The summed E-state index contributed by atoms with van der Waals surface area (Å²) in [5.74, 6) is 2.57. The number of anilines is 1. The van der Waals surface area contributed by atoms with Gasteiger partial charge in [-0.05, 0) is 42.2 Å². The molecule has 1 fully saturated rings. The molecule has 6 nitrogen and oxygen atoms in total. The molecule has 6 heteroatoms. The van der Waals surface area contributed by atoms with E-state index >= 15 is 0 Å². The number of hydrogen-bond donors (Lipinski definition) is 0. The second kappa shape index (κ2) is 8.33. The van der Waals surface area contributed by atoms with Crippen molar-refractivity contribution in [1.82, 2.24) is 19.9 Å². The predicted octanol–water partition coefficient (Wildman–Crippen LogP) is 3.65. The average Bonchev–Trinajstić information content (AvgIpc) is 3.14. The molecule has 28 heavy (non-hydrogen) atoms.